The lowest BCUT2D eigenvalue weighted by atomic mass is 10.1. The zero-order valence-electron chi connectivity index (χ0n) is 15.4. The highest BCUT2D eigenvalue weighted by Crippen LogP contribution is 2.26. The molecule has 1 fully saturated rings. The van der Waals surface area contributed by atoms with E-state index in [1.165, 1.54) is 25.3 Å². The fourth-order valence-corrected chi connectivity index (χ4v) is 4.66. The molecule has 1 aliphatic heterocycles. The molecule has 6 nitrogen and oxygen atoms in total. The summed E-state index contributed by atoms with van der Waals surface area (Å²) in [5.74, 6) is -0.0973. The van der Waals surface area contributed by atoms with Crippen LogP contribution in [-0.2, 0) is 14.6 Å². The predicted molar refractivity (Wildman–Crippen MR) is 103 cm³/mol. The van der Waals surface area contributed by atoms with Crippen LogP contribution in [0.3, 0.4) is 0 Å². The van der Waals surface area contributed by atoms with Gasteiger partial charge in [-0.25, -0.2) is 8.42 Å². The van der Waals surface area contributed by atoms with Crippen molar-refractivity contribution >= 4 is 21.4 Å². The summed E-state index contributed by atoms with van der Waals surface area (Å²) in [6.45, 7) is 3.00. The highest BCUT2D eigenvalue weighted by molar-refractivity contribution is 7.91. The molecule has 1 heterocycles. The van der Waals surface area contributed by atoms with Gasteiger partial charge in [-0.3, -0.25) is 4.79 Å². The molecule has 3 rings (SSSR count). The van der Waals surface area contributed by atoms with E-state index in [0.717, 1.165) is 12.0 Å². The third kappa shape index (κ3) is 4.67. The van der Waals surface area contributed by atoms with Crippen molar-refractivity contribution in [2.24, 2.45) is 5.92 Å². The number of aryl methyl sites for hydroxylation is 1. The maximum absolute atomic E-state index is 12.7. The molecule has 7 heteroatoms. The van der Waals surface area contributed by atoms with Crippen LogP contribution in [0.15, 0.2) is 47.4 Å². The molecule has 1 atom stereocenters. The van der Waals surface area contributed by atoms with Crippen molar-refractivity contribution in [3.63, 3.8) is 0 Å². The van der Waals surface area contributed by atoms with Crippen molar-refractivity contribution in [2.75, 3.05) is 31.4 Å². The van der Waals surface area contributed by atoms with Crippen molar-refractivity contribution < 1.29 is 22.7 Å². The Morgan fingerprint density at radius 2 is 1.96 bits per heavy atom. The molecule has 1 saturated heterocycles. The average Bonchev–Trinajstić information content (AvgIpc) is 3.15. The predicted octanol–water partition coefficient (Wildman–Crippen LogP) is 3.07. The Hall–Kier alpha value is -2.38. The highest BCUT2D eigenvalue weighted by Gasteiger charge is 2.26. The number of anilines is 1. The van der Waals surface area contributed by atoms with Crippen LogP contribution < -0.4 is 10.1 Å². The summed E-state index contributed by atoms with van der Waals surface area (Å²) < 4.78 is 36.0. The minimum absolute atomic E-state index is 0.0121. The maximum Gasteiger partial charge on any atom is 0.259 e. The number of amides is 1. The van der Waals surface area contributed by atoms with Crippen LogP contribution >= 0.6 is 0 Å². The van der Waals surface area contributed by atoms with Crippen molar-refractivity contribution in [1.82, 2.24) is 0 Å². The number of hydrogen-bond acceptors (Lipinski definition) is 5. The van der Waals surface area contributed by atoms with E-state index in [0.29, 0.717) is 24.7 Å². The van der Waals surface area contributed by atoms with Gasteiger partial charge in [-0.1, -0.05) is 17.7 Å². The largest absolute Gasteiger partial charge is 0.496 e. The monoisotopic (exact) mass is 389 g/mol. The quantitative estimate of drug-likeness (QED) is 0.821. The van der Waals surface area contributed by atoms with Gasteiger partial charge in [0, 0.05) is 12.3 Å². The first-order chi connectivity index (χ1) is 12.9. The van der Waals surface area contributed by atoms with Crippen LogP contribution in [0.5, 0.6) is 5.75 Å². The fraction of sp³-hybridized carbons (Fsp3) is 0.350. The zero-order chi connectivity index (χ0) is 19.4. The first-order valence-corrected chi connectivity index (χ1v) is 10.4. The molecule has 0 spiro atoms. The molecule has 144 valence electrons. The van der Waals surface area contributed by atoms with Crippen LogP contribution in [0, 0.1) is 12.8 Å². The Balaban J connectivity index is 1.86. The molecule has 27 heavy (non-hydrogen) atoms. The lowest BCUT2D eigenvalue weighted by Crippen LogP contribution is -2.18. The van der Waals surface area contributed by atoms with Gasteiger partial charge in [0.15, 0.2) is 9.84 Å². The van der Waals surface area contributed by atoms with Gasteiger partial charge in [0.1, 0.15) is 5.75 Å². The molecule has 1 aliphatic rings. The minimum atomic E-state index is -3.52. The maximum atomic E-state index is 12.7. The number of carbonyl (C=O) groups is 1. The summed E-state index contributed by atoms with van der Waals surface area (Å²) in [5.41, 5.74) is 1.89. The molecule has 1 N–H and O–H groups in total. The number of rotatable bonds is 6. The van der Waals surface area contributed by atoms with Gasteiger partial charge in [0.2, 0.25) is 0 Å². The minimum Gasteiger partial charge on any atom is -0.496 e. The van der Waals surface area contributed by atoms with Crippen LogP contribution in [0.25, 0.3) is 0 Å². The van der Waals surface area contributed by atoms with E-state index in [1.807, 2.05) is 19.1 Å². The van der Waals surface area contributed by atoms with Crippen LogP contribution in [0.1, 0.15) is 22.3 Å². The third-order valence-electron chi connectivity index (χ3n) is 4.56. The third-order valence-corrected chi connectivity index (χ3v) is 6.45. The zero-order valence-corrected chi connectivity index (χ0v) is 16.2. The molecule has 1 amide bonds. The van der Waals surface area contributed by atoms with E-state index in [9.17, 15) is 13.2 Å². The molecule has 0 aromatic heterocycles. The van der Waals surface area contributed by atoms with Gasteiger partial charge in [-0.05, 0) is 49.6 Å². The second-order valence-corrected chi connectivity index (χ2v) is 8.73. The summed E-state index contributed by atoms with van der Waals surface area (Å²) in [6.07, 6.45) is 0.732. The van der Waals surface area contributed by atoms with Crippen molar-refractivity contribution in [3.05, 3.63) is 53.6 Å². The number of benzene rings is 2. The number of nitrogens with one attached hydrogen (secondary N) is 1. The molecule has 0 bridgehead atoms. The molecule has 0 saturated carbocycles. The van der Waals surface area contributed by atoms with Gasteiger partial charge in [0.25, 0.3) is 5.91 Å². The number of ether oxygens (including phenoxy) is 2. The molecule has 0 unspecified atom stereocenters. The Labute approximate surface area is 159 Å². The standard InChI is InChI=1S/C20H23NO5S/c1-14-3-5-16(6-4-14)21-20(22)18-11-17(7-8-19(18)25-2)27(23,24)13-15-9-10-26-12-15/h3-8,11,15H,9-10,12-13H2,1-2H3,(H,21,22)/t15-/m0/s1. The highest BCUT2D eigenvalue weighted by atomic mass is 32.2. The van der Waals surface area contributed by atoms with E-state index < -0.39 is 15.7 Å². The SMILES string of the molecule is COc1ccc(S(=O)(=O)C[C@H]2CCOC2)cc1C(=O)Nc1ccc(C)cc1. The summed E-state index contributed by atoms with van der Waals surface area (Å²) in [6, 6.07) is 11.7. The van der Waals surface area contributed by atoms with E-state index >= 15 is 0 Å². The number of hydrogen-bond donors (Lipinski definition) is 1. The first kappa shape index (κ1) is 19.4. The molecule has 2 aromatic rings. The number of methoxy groups -OCH3 is 1. The summed E-state index contributed by atoms with van der Waals surface area (Å²) >= 11 is 0. The lowest BCUT2D eigenvalue weighted by Gasteiger charge is -2.13. The smallest absolute Gasteiger partial charge is 0.259 e. The van der Waals surface area contributed by atoms with Gasteiger partial charge in [-0.15, -0.1) is 0 Å². The van der Waals surface area contributed by atoms with Gasteiger partial charge < -0.3 is 14.8 Å². The van der Waals surface area contributed by atoms with Crippen molar-refractivity contribution in [2.45, 2.75) is 18.2 Å². The molecular formula is C20H23NO5S. The number of sulfone groups is 1. The Morgan fingerprint density at radius 1 is 1.22 bits per heavy atom. The van der Waals surface area contributed by atoms with E-state index in [-0.39, 0.29) is 22.1 Å². The second kappa shape index (κ2) is 8.10. The van der Waals surface area contributed by atoms with Crippen LogP contribution in [0.2, 0.25) is 0 Å². The fourth-order valence-electron chi connectivity index (χ4n) is 3.01. The first-order valence-electron chi connectivity index (χ1n) is 8.75. The Kier molecular flexibility index (Phi) is 5.82. The molecule has 0 radical (unpaired) electrons. The topological polar surface area (TPSA) is 81.7 Å². The van der Waals surface area contributed by atoms with E-state index in [4.69, 9.17) is 9.47 Å². The Morgan fingerprint density at radius 3 is 2.59 bits per heavy atom. The summed E-state index contributed by atoms with van der Waals surface area (Å²) in [4.78, 5) is 12.8. The second-order valence-electron chi connectivity index (χ2n) is 6.69. The van der Waals surface area contributed by atoms with Crippen LogP contribution in [0.4, 0.5) is 5.69 Å². The molecular weight excluding hydrogens is 366 g/mol. The van der Waals surface area contributed by atoms with E-state index in [2.05, 4.69) is 5.32 Å². The summed E-state index contributed by atoms with van der Waals surface area (Å²) in [7, 11) is -2.07. The van der Waals surface area contributed by atoms with Crippen molar-refractivity contribution in [1.29, 1.82) is 0 Å². The lowest BCUT2D eigenvalue weighted by molar-refractivity contribution is 0.102. The van der Waals surface area contributed by atoms with Gasteiger partial charge in [-0.2, -0.15) is 0 Å². The van der Waals surface area contributed by atoms with E-state index in [1.54, 1.807) is 12.1 Å². The normalized spacial score (nSPS) is 16.9. The number of carbonyl (C=O) groups excluding carboxylic acids is 1. The van der Waals surface area contributed by atoms with Gasteiger partial charge >= 0.3 is 0 Å². The van der Waals surface area contributed by atoms with Gasteiger partial charge in [0.05, 0.1) is 29.9 Å². The summed E-state index contributed by atoms with van der Waals surface area (Å²) in [5, 5.41) is 2.78. The van der Waals surface area contributed by atoms with Crippen LogP contribution in [-0.4, -0.2) is 40.4 Å². The molecule has 0 aliphatic carbocycles. The molecule has 2 aromatic carbocycles. The average molecular weight is 389 g/mol. The van der Waals surface area contributed by atoms with Crippen molar-refractivity contribution in [3.8, 4) is 5.75 Å². The Bertz CT molecular complexity index is 916.